The lowest BCUT2D eigenvalue weighted by Crippen LogP contribution is -2.28. The SMILES string of the molecule is C/C=C\C1CCC(C2CCC(C(=O)OC)CC2)CC1. The van der Waals surface area contributed by atoms with Gasteiger partial charge in [-0.15, -0.1) is 0 Å². The monoisotopic (exact) mass is 264 g/mol. The van der Waals surface area contributed by atoms with Crippen LogP contribution in [0.2, 0.25) is 0 Å². The van der Waals surface area contributed by atoms with Gasteiger partial charge in [-0.05, 0) is 76.0 Å². The Kier molecular flexibility index (Phi) is 5.47. The van der Waals surface area contributed by atoms with Gasteiger partial charge in [0, 0.05) is 0 Å². The van der Waals surface area contributed by atoms with E-state index in [-0.39, 0.29) is 11.9 Å². The minimum atomic E-state index is 0.00948. The Hall–Kier alpha value is -0.790. The Morgan fingerprint density at radius 1 is 0.947 bits per heavy atom. The lowest BCUT2D eigenvalue weighted by Gasteiger charge is -2.36. The van der Waals surface area contributed by atoms with Crippen molar-refractivity contribution in [3.8, 4) is 0 Å². The van der Waals surface area contributed by atoms with Crippen LogP contribution < -0.4 is 0 Å². The molecule has 2 aliphatic rings. The van der Waals surface area contributed by atoms with E-state index in [9.17, 15) is 4.79 Å². The molecule has 0 bridgehead atoms. The number of hydrogen-bond acceptors (Lipinski definition) is 2. The Morgan fingerprint density at radius 3 is 1.95 bits per heavy atom. The number of rotatable bonds is 3. The Labute approximate surface area is 117 Å². The lowest BCUT2D eigenvalue weighted by molar-refractivity contribution is -0.147. The summed E-state index contributed by atoms with van der Waals surface area (Å²) < 4.78 is 4.86. The van der Waals surface area contributed by atoms with Gasteiger partial charge in [0.15, 0.2) is 0 Å². The summed E-state index contributed by atoms with van der Waals surface area (Å²) in [6, 6.07) is 0. The predicted octanol–water partition coefficient (Wildman–Crippen LogP) is 4.35. The molecule has 19 heavy (non-hydrogen) atoms. The van der Waals surface area contributed by atoms with E-state index >= 15 is 0 Å². The quantitative estimate of drug-likeness (QED) is 0.559. The number of esters is 1. The highest BCUT2D eigenvalue weighted by molar-refractivity contribution is 5.72. The molecule has 0 radical (unpaired) electrons. The first kappa shape index (κ1) is 14.6. The van der Waals surface area contributed by atoms with Gasteiger partial charge in [-0.1, -0.05) is 12.2 Å². The zero-order valence-corrected chi connectivity index (χ0v) is 12.4. The summed E-state index contributed by atoms with van der Waals surface area (Å²) in [6.07, 6.45) is 14.7. The molecule has 2 nitrogen and oxygen atoms in total. The molecule has 0 aromatic heterocycles. The van der Waals surface area contributed by atoms with Gasteiger partial charge in [-0.2, -0.15) is 0 Å². The smallest absolute Gasteiger partial charge is 0.308 e. The second-order valence-corrected chi connectivity index (χ2v) is 6.34. The Balaban J connectivity index is 1.75. The maximum Gasteiger partial charge on any atom is 0.308 e. The third-order valence-electron chi connectivity index (χ3n) is 5.25. The van der Waals surface area contributed by atoms with E-state index < -0.39 is 0 Å². The summed E-state index contributed by atoms with van der Waals surface area (Å²) in [6.45, 7) is 2.13. The second-order valence-electron chi connectivity index (χ2n) is 6.34. The van der Waals surface area contributed by atoms with Crippen LogP contribution in [-0.4, -0.2) is 13.1 Å². The van der Waals surface area contributed by atoms with Crippen molar-refractivity contribution in [2.75, 3.05) is 7.11 Å². The molecule has 0 atom stereocenters. The summed E-state index contributed by atoms with van der Waals surface area (Å²) in [5, 5.41) is 0. The van der Waals surface area contributed by atoms with Crippen LogP contribution in [0.3, 0.4) is 0 Å². The fraction of sp³-hybridized carbons (Fsp3) is 0.824. The summed E-state index contributed by atoms with van der Waals surface area (Å²) in [7, 11) is 1.51. The first-order valence-electron chi connectivity index (χ1n) is 7.95. The topological polar surface area (TPSA) is 26.3 Å². The van der Waals surface area contributed by atoms with Gasteiger partial charge >= 0.3 is 5.97 Å². The van der Waals surface area contributed by atoms with Crippen molar-refractivity contribution in [3.05, 3.63) is 12.2 Å². The van der Waals surface area contributed by atoms with Gasteiger partial charge in [0.2, 0.25) is 0 Å². The van der Waals surface area contributed by atoms with Crippen LogP contribution in [0.1, 0.15) is 58.3 Å². The van der Waals surface area contributed by atoms with Crippen molar-refractivity contribution < 1.29 is 9.53 Å². The van der Waals surface area contributed by atoms with Crippen LogP contribution in [0.25, 0.3) is 0 Å². The number of ether oxygens (including phenoxy) is 1. The molecule has 0 heterocycles. The third-order valence-corrected chi connectivity index (χ3v) is 5.25. The molecule has 2 saturated carbocycles. The second kappa shape index (κ2) is 7.12. The zero-order chi connectivity index (χ0) is 13.7. The van der Waals surface area contributed by atoms with E-state index in [4.69, 9.17) is 4.74 Å². The van der Waals surface area contributed by atoms with E-state index in [1.807, 2.05) is 0 Å². The van der Waals surface area contributed by atoms with E-state index in [1.54, 1.807) is 0 Å². The van der Waals surface area contributed by atoms with Crippen molar-refractivity contribution >= 4 is 5.97 Å². The van der Waals surface area contributed by atoms with Gasteiger partial charge in [-0.3, -0.25) is 4.79 Å². The van der Waals surface area contributed by atoms with Gasteiger partial charge < -0.3 is 4.74 Å². The fourth-order valence-electron chi connectivity index (χ4n) is 4.07. The zero-order valence-electron chi connectivity index (χ0n) is 12.4. The molecule has 0 amide bonds. The number of hydrogen-bond donors (Lipinski definition) is 0. The number of carbonyl (C=O) groups is 1. The highest BCUT2D eigenvalue weighted by atomic mass is 16.5. The molecular formula is C17H28O2. The molecule has 0 spiro atoms. The summed E-state index contributed by atoms with van der Waals surface area (Å²) in [5.41, 5.74) is 0. The average Bonchev–Trinajstić information content (AvgIpc) is 2.48. The maximum atomic E-state index is 11.5. The molecule has 0 aromatic rings. The molecule has 2 aliphatic carbocycles. The normalized spacial score (nSPS) is 36.3. The molecule has 0 unspecified atom stereocenters. The molecule has 0 aliphatic heterocycles. The fourth-order valence-corrected chi connectivity index (χ4v) is 4.07. The standard InChI is InChI=1S/C17H28O2/c1-3-4-13-5-7-14(8-6-13)15-9-11-16(12-10-15)17(18)19-2/h3-4,13-16H,5-12H2,1-2H3/b4-3-. The van der Waals surface area contributed by atoms with E-state index in [1.165, 1.54) is 45.6 Å². The van der Waals surface area contributed by atoms with Crippen molar-refractivity contribution in [2.24, 2.45) is 23.7 Å². The largest absolute Gasteiger partial charge is 0.469 e. The van der Waals surface area contributed by atoms with Crippen molar-refractivity contribution in [1.29, 1.82) is 0 Å². The number of allylic oxidation sites excluding steroid dienone is 2. The van der Waals surface area contributed by atoms with Gasteiger partial charge in [0.25, 0.3) is 0 Å². The summed E-state index contributed by atoms with van der Waals surface area (Å²) >= 11 is 0. The van der Waals surface area contributed by atoms with Crippen molar-refractivity contribution in [1.82, 2.24) is 0 Å². The highest BCUT2D eigenvalue weighted by Crippen LogP contribution is 2.41. The molecule has 0 N–H and O–H groups in total. The highest BCUT2D eigenvalue weighted by Gasteiger charge is 2.32. The molecule has 0 saturated heterocycles. The van der Waals surface area contributed by atoms with Crippen LogP contribution >= 0.6 is 0 Å². The average molecular weight is 264 g/mol. The predicted molar refractivity (Wildman–Crippen MR) is 77.7 cm³/mol. The van der Waals surface area contributed by atoms with E-state index in [0.29, 0.717) is 0 Å². The molecule has 2 heteroatoms. The minimum Gasteiger partial charge on any atom is -0.469 e. The third kappa shape index (κ3) is 3.84. The van der Waals surface area contributed by atoms with E-state index in [0.717, 1.165) is 30.6 Å². The van der Waals surface area contributed by atoms with Crippen molar-refractivity contribution in [3.63, 3.8) is 0 Å². The van der Waals surface area contributed by atoms with E-state index in [2.05, 4.69) is 19.1 Å². The molecule has 2 fully saturated rings. The molecule has 108 valence electrons. The van der Waals surface area contributed by atoms with Crippen molar-refractivity contribution in [2.45, 2.75) is 58.3 Å². The lowest BCUT2D eigenvalue weighted by atomic mass is 9.69. The minimum absolute atomic E-state index is 0.00948. The van der Waals surface area contributed by atoms with Crippen LogP contribution in [0, 0.1) is 23.7 Å². The molecule has 2 rings (SSSR count). The Morgan fingerprint density at radius 2 is 1.47 bits per heavy atom. The summed E-state index contributed by atoms with van der Waals surface area (Å²) in [4.78, 5) is 11.5. The van der Waals surface area contributed by atoms with Crippen LogP contribution in [0.4, 0.5) is 0 Å². The van der Waals surface area contributed by atoms with Gasteiger partial charge in [0.1, 0.15) is 0 Å². The molecular weight excluding hydrogens is 236 g/mol. The van der Waals surface area contributed by atoms with Crippen LogP contribution in [0.5, 0.6) is 0 Å². The van der Waals surface area contributed by atoms with Crippen LogP contribution in [-0.2, 0) is 9.53 Å². The van der Waals surface area contributed by atoms with Gasteiger partial charge in [-0.25, -0.2) is 0 Å². The van der Waals surface area contributed by atoms with Crippen LogP contribution in [0.15, 0.2) is 12.2 Å². The summed E-state index contributed by atoms with van der Waals surface area (Å²) in [5.74, 6) is 2.80. The maximum absolute atomic E-state index is 11.5. The first-order chi connectivity index (χ1) is 9.24. The van der Waals surface area contributed by atoms with Gasteiger partial charge in [0.05, 0.1) is 13.0 Å². The first-order valence-corrected chi connectivity index (χ1v) is 7.95. The molecule has 0 aromatic carbocycles. The number of methoxy groups -OCH3 is 1. The number of carbonyl (C=O) groups excluding carboxylic acids is 1. The Bertz CT molecular complexity index is 305.